The molecule has 0 amide bonds. The number of likely N-dealkylation sites (N-methyl/N-ethyl adjacent to an activating group) is 1. The van der Waals surface area contributed by atoms with Gasteiger partial charge < -0.3 is 16.0 Å². The number of hydrogen-bond donors (Lipinski definition) is 2. The Morgan fingerprint density at radius 1 is 1.21 bits per heavy atom. The maximum Gasteiger partial charge on any atom is 0.225 e. The lowest BCUT2D eigenvalue weighted by Gasteiger charge is -2.34. The van der Waals surface area contributed by atoms with E-state index in [4.69, 9.17) is 5.73 Å². The van der Waals surface area contributed by atoms with Crippen LogP contribution in [-0.4, -0.2) is 90.7 Å². The van der Waals surface area contributed by atoms with Gasteiger partial charge in [0.2, 0.25) is 5.95 Å². The van der Waals surface area contributed by atoms with Crippen molar-refractivity contribution in [2.75, 3.05) is 63.8 Å². The molecular formula is C19H35IN8. The number of guanidine groups is 1. The SMILES string of the molecule is CCN1CCCC1CN=C(N)NCCCN1CCN(c2ncccn2)CC1.I. The first-order valence-corrected chi connectivity index (χ1v) is 10.3. The first-order valence-electron chi connectivity index (χ1n) is 10.3. The molecule has 0 aromatic carbocycles. The fourth-order valence-electron chi connectivity index (χ4n) is 3.92. The fraction of sp³-hybridized carbons (Fsp3) is 0.737. The summed E-state index contributed by atoms with van der Waals surface area (Å²) in [6.45, 7) is 11.4. The monoisotopic (exact) mass is 502 g/mol. The molecule has 1 unspecified atom stereocenters. The van der Waals surface area contributed by atoms with E-state index in [2.05, 4.69) is 41.9 Å². The van der Waals surface area contributed by atoms with Gasteiger partial charge >= 0.3 is 0 Å². The molecule has 2 aliphatic rings. The van der Waals surface area contributed by atoms with Gasteiger partial charge in [-0.2, -0.15) is 0 Å². The van der Waals surface area contributed by atoms with Crippen molar-refractivity contribution in [2.45, 2.75) is 32.2 Å². The molecule has 8 nitrogen and oxygen atoms in total. The summed E-state index contributed by atoms with van der Waals surface area (Å²) in [4.78, 5) is 20.4. The number of likely N-dealkylation sites (tertiary alicyclic amines) is 1. The van der Waals surface area contributed by atoms with Crippen molar-refractivity contribution in [1.82, 2.24) is 25.1 Å². The van der Waals surface area contributed by atoms with Gasteiger partial charge in [0.15, 0.2) is 5.96 Å². The van der Waals surface area contributed by atoms with Crippen molar-refractivity contribution in [2.24, 2.45) is 10.7 Å². The standard InChI is InChI=1S/C19H34N8.HI/c1-2-26-11-3-6-17(26)16-24-18(20)21-9-5-10-25-12-14-27(15-13-25)19-22-7-4-8-23-19;/h4,7-8,17H,2-3,5-6,9-16H2,1H3,(H3,20,21,24);1H. The van der Waals surface area contributed by atoms with E-state index in [1.54, 1.807) is 12.4 Å². The third-order valence-corrected chi connectivity index (χ3v) is 5.54. The minimum Gasteiger partial charge on any atom is -0.370 e. The molecule has 0 bridgehead atoms. The summed E-state index contributed by atoms with van der Waals surface area (Å²) in [6.07, 6.45) is 7.20. The summed E-state index contributed by atoms with van der Waals surface area (Å²) in [5.74, 6) is 1.43. The number of hydrogen-bond acceptors (Lipinski definition) is 6. The average molecular weight is 502 g/mol. The molecule has 0 radical (unpaired) electrons. The van der Waals surface area contributed by atoms with Crippen LogP contribution in [0.5, 0.6) is 0 Å². The molecule has 2 fully saturated rings. The lowest BCUT2D eigenvalue weighted by molar-refractivity contribution is 0.254. The minimum absolute atomic E-state index is 0. The van der Waals surface area contributed by atoms with Gasteiger partial charge in [-0.15, -0.1) is 24.0 Å². The summed E-state index contributed by atoms with van der Waals surface area (Å²) in [5, 5.41) is 3.27. The molecule has 1 aromatic heterocycles. The molecule has 9 heteroatoms. The zero-order chi connectivity index (χ0) is 18.9. The number of aliphatic imine (C=N–C) groups is 1. The van der Waals surface area contributed by atoms with Crippen LogP contribution < -0.4 is 16.0 Å². The zero-order valence-electron chi connectivity index (χ0n) is 17.0. The smallest absolute Gasteiger partial charge is 0.225 e. The number of anilines is 1. The third kappa shape index (κ3) is 7.00. The van der Waals surface area contributed by atoms with Gasteiger partial charge in [-0.25, -0.2) is 9.97 Å². The highest BCUT2D eigenvalue weighted by molar-refractivity contribution is 14.0. The summed E-state index contributed by atoms with van der Waals surface area (Å²) < 4.78 is 0. The van der Waals surface area contributed by atoms with Gasteiger partial charge in [-0.1, -0.05) is 6.92 Å². The quantitative estimate of drug-likeness (QED) is 0.238. The first kappa shape index (κ1) is 23.1. The van der Waals surface area contributed by atoms with Gasteiger partial charge in [-0.3, -0.25) is 14.8 Å². The van der Waals surface area contributed by atoms with E-state index in [-0.39, 0.29) is 24.0 Å². The highest BCUT2D eigenvalue weighted by Crippen LogP contribution is 2.16. The van der Waals surface area contributed by atoms with Crippen LogP contribution in [0.3, 0.4) is 0 Å². The highest BCUT2D eigenvalue weighted by atomic mass is 127. The van der Waals surface area contributed by atoms with Gasteiger partial charge in [0.05, 0.1) is 6.54 Å². The Hall–Kier alpha value is -1.20. The van der Waals surface area contributed by atoms with Crippen molar-refractivity contribution in [3.05, 3.63) is 18.5 Å². The van der Waals surface area contributed by atoms with Crippen molar-refractivity contribution in [1.29, 1.82) is 0 Å². The number of nitrogens with two attached hydrogens (primary N) is 1. The van der Waals surface area contributed by atoms with Crippen LogP contribution in [0.25, 0.3) is 0 Å². The van der Waals surface area contributed by atoms with E-state index in [9.17, 15) is 0 Å². The van der Waals surface area contributed by atoms with E-state index in [0.717, 1.165) is 64.7 Å². The van der Waals surface area contributed by atoms with Gasteiger partial charge in [0.1, 0.15) is 0 Å². The van der Waals surface area contributed by atoms with E-state index >= 15 is 0 Å². The Bertz CT molecular complexity index is 577. The van der Waals surface area contributed by atoms with Crippen molar-refractivity contribution in [3.63, 3.8) is 0 Å². The molecule has 1 atom stereocenters. The Balaban J connectivity index is 0.00000280. The second kappa shape index (κ2) is 12.4. The first-order chi connectivity index (χ1) is 13.3. The number of rotatable bonds is 8. The predicted octanol–water partition coefficient (Wildman–Crippen LogP) is 0.995. The van der Waals surface area contributed by atoms with Crippen LogP contribution in [0.1, 0.15) is 26.2 Å². The highest BCUT2D eigenvalue weighted by Gasteiger charge is 2.22. The maximum atomic E-state index is 6.03. The van der Waals surface area contributed by atoms with Crippen LogP contribution in [0.4, 0.5) is 5.95 Å². The molecule has 2 aliphatic heterocycles. The molecular weight excluding hydrogens is 467 g/mol. The number of piperazine rings is 1. The molecule has 3 heterocycles. The number of aromatic nitrogens is 2. The summed E-state index contributed by atoms with van der Waals surface area (Å²) in [7, 11) is 0. The predicted molar refractivity (Wildman–Crippen MR) is 125 cm³/mol. The summed E-state index contributed by atoms with van der Waals surface area (Å²) >= 11 is 0. The van der Waals surface area contributed by atoms with Crippen LogP contribution in [-0.2, 0) is 0 Å². The minimum atomic E-state index is 0. The lowest BCUT2D eigenvalue weighted by atomic mass is 10.2. The normalized spacial score (nSPS) is 21.5. The van der Waals surface area contributed by atoms with Crippen LogP contribution in [0, 0.1) is 0 Å². The zero-order valence-corrected chi connectivity index (χ0v) is 19.3. The molecule has 0 saturated carbocycles. The van der Waals surface area contributed by atoms with E-state index in [1.165, 1.54) is 19.4 Å². The second-order valence-electron chi connectivity index (χ2n) is 7.31. The molecule has 158 valence electrons. The number of nitrogens with zero attached hydrogens (tertiary/aromatic N) is 6. The van der Waals surface area contributed by atoms with Crippen molar-refractivity contribution in [3.8, 4) is 0 Å². The van der Waals surface area contributed by atoms with Gasteiger partial charge in [0, 0.05) is 51.2 Å². The van der Waals surface area contributed by atoms with E-state index in [0.29, 0.717) is 12.0 Å². The molecule has 0 aliphatic carbocycles. The topological polar surface area (TPSA) is 85.9 Å². The Kier molecular flexibility index (Phi) is 10.2. The van der Waals surface area contributed by atoms with E-state index < -0.39 is 0 Å². The van der Waals surface area contributed by atoms with Crippen molar-refractivity contribution < 1.29 is 0 Å². The Labute approximate surface area is 186 Å². The van der Waals surface area contributed by atoms with Crippen LogP contribution in [0.15, 0.2) is 23.5 Å². The third-order valence-electron chi connectivity index (χ3n) is 5.54. The van der Waals surface area contributed by atoms with Crippen LogP contribution >= 0.6 is 24.0 Å². The molecule has 28 heavy (non-hydrogen) atoms. The average Bonchev–Trinajstić information content (AvgIpc) is 3.18. The van der Waals surface area contributed by atoms with Gasteiger partial charge in [-0.05, 0) is 45.0 Å². The Morgan fingerprint density at radius 2 is 1.96 bits per heavy atom. The molecule has 0 spiro atoms. The Morgan fingerprint density at radius 3 is 2.68 bits per heavy atom. The van der Waals surface area contributed by atoms with Crippen LogP contribution in [0.2, 0.25) is 0 Å². The maximum absolute atomic E-state index is 6.03. The molecule has 1 aromatic rings. The fourth-order valence-corrected chi connectivity index (χ4v) is 3.92. The van der Waals surface area contributed by atoms with Gasteiger partial charge in [0.25, 0.3) is 0 Å². The lowest BCUT2D eigenvalue weighted by Crippen LogP contribution is -2.47. The molecule has 3 rings (SSSR count). The summed E-state index contributed by atoms with van der Waals surface area (Å²) in [5.41, 5.74) is 6.03. The second-order valence-corrected chi connectivity index (χ2v) is 7.31. The largest absolute Gasteiger partial charge is 0.370 e. The summed E-state index contributed by atoms with van der Waals surface area (Å²) in [6, 6.07) is 2.43. The molecule has 2 saturated heterocycles. The van der Waals surface area contributed by atoms with E-state index in [1.807, 2.05) is 6.07 Å². The molecule has 3 N–H and O–H groups in total. The number of nitrogens with one attached hydrogen (secondary N) is 1. The number of halogens is 1. The van der Waals surface area contributed by atoms with Crippen molar-refractivity contribution >= 4 is 35.9 Å².